The number of nitrogens with one attached hydrogen (secondary N) is 1. The Balaban J connectivity index is 1.58. The summed E-state index contributed by atoms with van der Waals surface area (Å²) in [6, 6.07) is 0.262. The zero-order valence-corrected chi connectivity index (χ0v) is 15.1. The highest BCUT2D eigenvalue weighted by Gasteiger charge is 2.34. The van der Waals surface area contributed by atoms with E-state index in [1.54, 1.807) is 6.92 Å². The number of rotatable bonds is 9. The van der Waals surface area contributed by atoms with Gasteiger partial charge in [0, 0.05) is 12.6 Å². The standard InChI is InChI=1S/C18H33NO5/c1-3-18(2,17(20)21)19-14-7-9-15(10-8-14)22-12-13-24-16-6-4-5-11-23-16/h14-16,19H,3-13H2,1-2H3,(H,20,21). The van der Waals surface area contributed by atoms with Crippen molar-refractivity contribution in [3.63, 3.8) is 0 Å². The summed E-state index contributed by atoms with van der Waals surface area (Å²) in [7, 11) is 0. The molecule has 1 saturated heterocycles. The third-order valence-electron chi connectivity index (χ3n) is 5.25. The van der Waals surface area contributed by atoms with E-state index < -0.39 is 11.5 Å². The Labute approximate surface area is 145 Å². The third kappa shape index (κ3) is 5.99. The van der Waals surface area contributed by atoms with E-state index in [0.717, 1.165) is 45.1 Å². The van der Waals surface area contributed by atoms with E-state index in [0.29, 0.717) is 19.6 Å². The van der Waals surface area contributed by atoms with Crippen LogP contribution in [0.15, 0.2) is 0 Å². The lowest BCUT2D eigenvalue weighted by molar-refractivity contribution is -0.172. The van der Waals surface area contributed by atoms with E-state index in [4.69, 9.17) is 14.2 Å². The molecule has 2 aliphatic rings. The van der Waals surface area contributed by atoms with Gasteiger partial charge in [0.1, 0.15) is 5.54 Å². The molecule has 1 aliphatic carbocycles. The van der Waals surface area contributed by atoms with Crippen LogP contribution >= 0.6 is 0 Å². The first-order valence-corrected chi connectivity index (χ1v) is 9.39. The summed E-state index contributed by atoms with van der Waals surface area (Å²) in [6.07, 6.45) is 7.94. The van der Waals surface area contributed by atoms with Crippen molar-refractivity contribution in [2.24, 2.45) is 0 Å². The minimum atomic E-state index is -0.827. The molecule has 0 aromatic rings. The van der Waals surface area contributed by atoms with Gasteiger partial charge in [-0.3, -0.25) is 10.1 Å². The minimum Gasteiger partial charge on any atom is -0.480 e. The maximum absolute atomic E-state index is 11.4. The monoisotopic (exact) mass is 343 g/mol. The zero-order valence-electron chi connectivity index (χ0n) is 15.1. The Morgan fingerprint density at radius 3 is 2.46 bits per heavy atom. The number of ether oxygens (including phenoxy) is 3. The maximum Gasteiger partial charge on any atom is 0.323 e. The lowest BCUT2D eigenvalue weighted by Gasteiger charge is -2.35. The number of carboxylic acid groups (broad SMARTS) is 1. The van der Waals surface area contributed by atoms with Crippen LogP contribution in [0.2, 0.25) is 0 Å². The Morgan fingerprint density at radius 2 is 1.88 bits per heavy atom. The molecule has 6 heteroatoms. The predicted octanol–water partition coefficient (Wildman–Crippen LogP) is 2.70. The van der Waals surface area contributed by atoms with Gasteiger partial charge in [-0.2, -0.15) is 0 Å². The molecule has 0 aromatic heterocycles. The highest BCUT2D eigenvalue weighted by Crippen LogP contribution is 2.24. The van der Waals surface area contributed by atoms with Crippen LogP contribution < -0.4 is 5.32 Å². The van der Waals surface area contributed by atoms with Gasteiger partial charge in [0.05, 0.1) is 19.3 Å². The van der Waals surface area contributed by atoms with Crippen LogP contribution in [0.1, 0.15) is 65.2 Å². The number of hydrogen-bond donors (Lipinski definition) is 2. The lowest BCUT2D eigenvalue weighted by atomic mass is 9.89. The van der Waals surface area contributed by atoms with Crippen LogP contribution in [-0.2, 0) is 19.0 Å². The molecule has 2 rings (SSSR count). The molecule has 140 valence electrons. The Morgan fingerprint density at radius 1 is 1.17 bits per heavy atom. The van der Waals surface area contributed by atoms with Gasteiger partial charge in [-0.05, 0) is 58.3 Å². The number of hydrogen-bond acceptors (Lipinski definition) is 5. The number of carbonyl (C=O) groups is 1. The Kier molecular flexibility index (Phi) is 7.94. The van der Waals surface area contributed by atoms with Crippen molar-refractivity contribution in [3.05, 3.63) is 0 Å². The molecule has 0 spiro atoms. The summed E-state index contributed by atoms with van der Waals surface area (Å²) < 4.78 is 17.1. The minimum absolute atomic E-state index is 0.0509. The summed E-state index contributed by atoms with van der Waals surface area (Å²) in [6.45, 7) is 5.66. The van der Waals surface area contributed by atoms with Crippen molar-refractivity contribution >= 4 is 5.97 Å². The Hall–Kier alpha value is -0.690. The second-order valence-electron chi connectivity index (χ2n) is 7.15. The highest BCUT2D eigenvalue weighted by molar-refractivity contribution is 5.78. The fraction of sp³-hybridized carbons (Fsp3) is 0.944. The average Bonchev–Trinajstić information content (AvgIpc) is 2.60. The van der Waals surface area contributed by atoms with Crippen LogP contribution in [0.25, 0.3) is 0 Å². The van der Waals surface area contributed by atoms with Crippen LogP contribution in [0.4, 0.5) is 0 Å². The SMILES string of the molecule is CCC(C)(NC1CCC(OCCOC2CCCCO2)CC1)C(=O)O. The van der Waals surface area contributed by atoms with E-state index in [9.17, 15) is 9.90 Å². The Bertz CT molecular complexity index is 378. The predicted molar refractivity (Wildman–Crippen MR) is 91.0 cm³/mol. The van der Waals surface area contributed by atoms with Crippen LogP contribution in [0, 0.1) is 0 Å². The smallest absolute Gasteiger partial charge is 0.323 e. The number of carboxylic acids is 1. The molecule has 0 aromatic carbocycles. The lowest BCUT2D eigenvalue weighted by Crippen LogP contribution is -2.54. The van der Waals surface area contributed by atoms with Gasteiger partial charge >= 0.3 is 5.97 Å². The highest BCUT2D eigenvalue weighted by atomic mass is 16.7. The van der Waals surface area contributed by atoms with Crippen molar-refractivity contribution in [2.45, 2.75) is 89.2 Å². The second-order valence-corrected chi connectivity index (χ2v) is 7.15. The van der Waals surface area contributed by atoms with Crippen LogP contribution in [0.3, 0.4) is 0 Å². The van der Waals surface area contributed by atoms with E-state index in [1.165, 1.54) is 6.42 Å². The van der Waals surface area contributed by atoms with Crippen molar-refractivity contribution in [1.29, 1.82) is 0 Å². The topological polar surface area (TPSA) is 77.0 Å². The van der Waals surface area contributed by atoms with E-state index >= 15 is 0 Å². The molecule has 2 N–H and O–H groups in total. The first-order valence-electron chi connectivity index (χ1n) is 9.39. The van der Waals surface area contributed by atoms with Gasteiger partial charge in [0.15, 0.2) is 6.29 Å². The molecule has 2 unspecified atom stereocenters. The first-order chi connectivity index (χ1) is 11.5. The fourth-order valence-corrected chi connectivity index (χ4v) is 3.38. The second kappa shape index (κ2) is 9.70. The van der Waals surface area contributed by atoms with Gasteiger partial charge in [0.25, 0.3) is 0 Å². The fourth-order valence-electron chi connectivity index (χ4n) is 3.38. The van der Waals surface area contributed by atoms with Gasteiger partial charge in [-0.15, -0.1) is 0 Å². The normalized spacial score (nSPS) is 30.7. The molecule has 1 aliphatic heterocycles. The quantitative estimate of drug-likeness (QED) is 0.627. The van der Waals surface area contributed by atoms with Crippen LogP contribution in [0.5, 0.6) is 0 Å². The van der Waals surface area contributed by atoms with E-state index in [2.05, 4.69) is 5.32 Å². The van der Waals surface area contributed by atoms with E-state index in [-0.39, 0.29) is 18.4 Å². The van der Waals surface area contributed by atoms with Crippen molar-refractivity contribution in [1.82, 2.24) is 5.32 Å². The first kappa shape index (κ1) is 19.6. The molecular formula is C18H33NO5. The maximum atomic E-state index is 11.4. The summed E-state index contributed by atoms with van der Waals surface area (Å²) in [4.78, 5) is 11.4. The molecule has 1 heterocycles. The average molecular weight is 343 g/mol. The van der Waals surface area contributed by atoms with Crippen molar-refractivity contribution in [3.8, 4) is 0 Å². The van der Waals surface area contributed by atoms with Crippen LogP contribution in [-0.4, -0.2) is 54.9 Å². The van der Waals surface area contributed by atoms with Crippen molar-refractivity contribution < 1.29 is 24.1 Å². The molecule has 24 heavy (non-hydrogen) atoms. The van der Waals surface area contributed by atoms with Gasteiger partial charge in [-0.1, -0.05) is 6.92 Å². The molecular weight excluding hydrogens is 310 g/mol. The van der Waals surface area contributed by atoms with Gasteiger partial charge < -0.3 is 19.3 Å². The van der Waals surface area contributed by atoms with Gasteiger partial charge in [-0.25, -0.2) is 0 Å². The zero-order chi connectivity index (χ0) is 17.4. The molecule has 0 amide bonds. The molecule has 2 fully saturated rings. The number of aliphatic carboxylic acids is 1. The summed E-state index contributed by atoms with van der Waals surface area (Å²) >= 11 is 0. The van der Waals surface area contributed by atoms with Gasteiger partial charge in [0.2, 0.25) is 0 Å². The summed E-state index contributed by atoms with van der Waals surface area (Å²) in [5.74, 6) is -0.773. The largest absolute Gasteiger partial charge is 0.480 e. The van der Waals surface area contributed by atoms with E-state index in [1.807, 2.05) is 6.92 Å². The molecule has 0 bridgehead atoms. The summed E-state index contributed by atoms with van der Waals surface area (Å²) in [5, 5.41) is 12.7. The van der Waals surface area contributed by atoms with Crippen molar-refractivity contribution in [2.75, 3.05) is 19.8 Å². The molecule has 0 radical (unpaired) electrons. The molecule has 2 atom stereocenters. The summed E-state index contributed by atoms with van der Waals surface area (Å²) in [5.41, 5.74) is -0.827. The third-order valence-corrected chi connectivity index (χ3v) is 5.25. The molecule has 6 nitrogen and oxygen atoms in total. The molecule has 1 saturated carbocycles.